The summed E-state index contributed by atoms with van der Waals surface area (Å²) in [6.07, 6.45) is 0. The van der Waals surface area contributed by atoms with Gasteiger partial charge in [0.15, 0.2) is 5.69 Å². The van der Waals surface area contributed by atoms with E-state index in [2.05, 4.69) is 10.00 Å². The number of halogens is 3. The molecule has 1 amide bonds. The van der Waals surface area contributed by atoms with Gasteiger partial charge in [-0.05, 0) is 43.3 Å². The maximum atomic E-state index is 14.4. The van der Waals surface area contributed by atoms with Gasteiger partial charge in [-0.15, -0.1) is 0 Å². The molecule has 2 heterocycles. The molecule has 11 heteroatoms. The first-order chi connectivity index (χ1) is 19.8. The zero-order valence-electron chi connectivity index (χ0n) is 22.4. The molecule has 212 valence electrons. The number of ether oxygens (including phenoxy) is 2. The lowest BCUT2D eigenvalue weighted by Crippen LogP contribution is -2.49. The molecule has 0 N–H and O–H groups in total. The summed E-state index contributed by atoms with van der Waals surface area (Å²) in [6.45, 7) is 3.36. The number of hydrogen-bond donors (Lipinski definition) is 0. The van der Waals surface area contributed by atoms with E-state index in [0.717, 1.165) is 23.4 Å². The second-order valence-corrected chi connectivity index (χ2v) is 9.32. The Morgan fingerprint density at radius 3 is 2.17 bits per heavy atom. The SMILES string of the molecule is CCOC(=O)c1cc(-c2ccc(N3CCN(C(=O)c4c(F)cc(OC)cc4F)CC3)cc2)n(-c2cccc(F)c2)n1. The van der Waals surface area contributed by atoms with Gasteiger partial charge in [0.25, 0.3) is 5.91 Å². The third-order valence-electron chi connectivity index (χ3n) is 6.81. The molecule has 1 saturated heterocycles. The maximum Gasteiger partial charge on any atom is 0.358 e. The van der Waals surface area contributed by atoms with E-state index in [1.807, 2.05) is 24.3 Å². The van der Waals surface area contributed by atoms with Crippen LogP contribution < -0.4 is 9.64 Å². The Balaban J connectivity index is 1.33. The summed E-state index contributed by atoms with van der Waals surface area (Å²) in [5.74, 6) is -3.65. The molecule has 0 aliphatic carbocycles. The number of benzene rings is 3. The summed E-state index contributed by atoms with van der Waals surface area (Å²) in [5, 5.41) is 4.37. The van der Waals surface area contributed by atoms with Gasteiger partial charge in [-0.3, -0.25) is 4.79 Å². The van der Waals surface area contributed by atoms with Gasteiger partial charge in [-0.2, -0.15) is 5.10 Å². The Kier molecular flexibility index (Phi) is 7.95. The number of anilines is 1. The topological polar surface area (TPSA) is 76.9 Å². The zero-order chi connectivity index (χ0) is 29.1. The molecule has 4 aromatic rings. The molecule has 1 aliphatic rings. The molecule has 3 aromatic carbocycles. The number of methoxy groups -OCH3 is 1. The van der Waals surface area contributed by atoms with E-state index < -0.39 is 34.9 Å². The molecule has 0 bridgehead atoms. The van der Waals surface area contributed by atoms with Crippen LogP contribution >= 0.6 is 0 Å². The van der Waals surface area contributed by atoms with Crippen molar-refractivity contribution in [1.29, 1.82) is 0 Å². The van der Waals surface area contributed by atoms with E-state index in [4.69, 9.17) is 9.47 Å². The molecule has 0 atom stereocenters. The molecule has 0 saturated carbocycles. The number of carbonyl (C=O) groups is 2. The maximum absolute atomic E-state index is 14.4. The highest BCUT2D eigenvalue weighted by molar-refractivity contribution is 5.95. The van der Waals surface area contributed by atoms with Crippen LogP contribution in [0.4, 0.5) is 18.9 Å². The lowest BCUT2D eigenvalue weighted by atomic mass is 10.1. The van der Waals surface area contributed by atoms with Crippen LogP contribution in [0.1, 0.15) is 27.8 Å². The van der Waals surface area contributed by atoms with E-state index in [1.165, 1.54) is 28.8 Å². The molecule has 41 heavy (non-hydrogen) atoms. The largest absolute Gasteiger partial charge is 0.497 e. The monoisotopic (exact) mass is 564 g/mol. The number of amides is 1. The number of hydrogen-bond acceptors (Lipinski definition) is 6. The van der Waals surface area contributed by atoms with Crippen molar-refractivity contribution in [3.63, 3.8) is 0 Å². The molecule has 1 fully saturated rings. The van der Waals surface area contributed by atoms with Crippen LogP contribution in [0.2, 0.25) is 0 Å². The van der Waals surface area contributed by atoms with Crippen molar-refractivity contribution in [3.8, 4) is 22.7 Å². The molecule has 5 rings (SSSR count). The Labute approximate surface area is 234 Å². The van der Waals surface area contributed by atoms with Gasteiger partial charge >= 0.3 is 5.97 Å². The van der Waals surface area contributed by atoms with Crippen LogP contribution in [-0.4, -0.2) is 66.5 Å². The summed E-state index contributed by atoms with van der Waals surface area (Å²) in [5.41, 5.74) is 2.14. The second kappa shape index (κ2) is 11.7. The highest BCUT2D eigenvalue weighted by atomic mass is 19.1. The van der Waals surface area contributed by atoms with Gasteiger partial charge in [-0.25, -0.2) is 22.6 Å². The lowest BCUT2D eigenvalue weighted by Gasteiger charge is -2.36. The number of aromatic nitrogens is 2. The molecule has 1 aromatic heterocycles. The Hall–Kier alpha value is -4.80. The third kappa shape index (κ3) is 5.74. The van der Waals surface area contributed by atoms with Gasteiger partial charge in [0, 0.05) is 49.6 Å². The Morgan fingerprint density at radius 1 is 0.878 bits per heavy atom. The molecule has 0 unspecified atom stereocenters. The molecule has 0 spiro atoms. The summed E-state index contributed by atoms with van der Waals surface area (Å²) in [7, 11) is 1.29. The number of nitrogens with zero attached hydrogens (tertiary/aromatic N) is 4. The van der Waals surface area contributed by atoms with Crippen LogP contribution in [0.3, 0.4) is 0 Å². The average molecular weight is 565 g/mol. The third-order valence-corrected chi connectivity index (χ3v) is 6.81. The van der Waals surface area contributed by atoms with E-state index in [1.54, 1.807) is 25.1 Å². The molecule has 0 radical (unpaired) electrons. The molecule has 1 aliphatic heterocycles. The summed E-state index contributed by atoms with van der Waals surface area (Å²) in [4.78, 5) is 28.7. The summed E-state index contributed by atoms with van der Waals surface area (Å²) < 4.78 is 54.3. The Morgan fingerprint density at radius 2 is 1.56 bits per heavy atom. The minimum atomic E-state index is -0.964. The van der Waals surface area contributed by atoms with Crippen LogP contribution in [0, 0.1) is 17.5 Å². The number of esters is 1. The van der Waals surface area contributed by atoms with Crippen LogP contribution in [0.5, 0.6) is 5.75 Å². The summed E-state index contributed by atoms with van der Waals surface area (Å²) >= 11 is 0. The number of carbonyl (C=O) groups excluding carboxylic acids is 2. The first kappa shape index (κ1) is 27.8. The highest BCUT2D eigenvalue weighted by Gasteiger charge is 2.28. The van der Waals surface area contributed by atoms with E-state index >= 15 is 0 Å². The van der Waals surface area contributed by atoms with Gasteiger partial charge in [0.1, 0.15) is 28.8 Å². The predicted molar refractivity (Wildman–Crippen MR) is 146 cm³/mol. The van der Waals surface area contributed by atoms with Gasteiger partial charge < -0.3 is 19.3 Å². The van der Waals surface area contributed by atoms with Crippen LogP contribution in [0.15, 0.2) is 66.7 Å². The fraction of sp³-hybridized carbons (Fsp3) is 0.233. The molecule has 8 nitrogen and oxygen atoms in total. The number of rotatable bonds is 7. The van der Waals surface area contributed by atoms with Gasteiger partial charge in [0.05, 0.1) is 25.1 Å². The fourth-order valence-electron chi connectivity index (χ4n) is 4.74. The van der Waals surface area contributed by atoms with Crippen molar-refractivity contribution < 1.29 is 32.2 Å². The van der Waals surface area contributed by atoms with Crippen LogP contribution in [-0.2, 0) is 4.74 Å². The van der Waals surface area contributed by atoms with Crippen molar-refractivity contribution in [2.45, 2.75) is 6.92 Å². The normalized spacial score (nSPS) is 13.3. The molecular weight excluding hydrogens is 537 g/mol. The Bertz CT molecular complexity index is 1560. The predicted octanol–water partition coefficient (Wildman–Crippen LogP) is 5.10. The van der Waals surface area contributed by atoms with Crippen molar-refractivity contribution in [3.05, 3.63) is 95.4 Å². The quantitative estimate of drug-likeness (QED) is 0.291. The first-order valence-electron chi connectivity index (χ1n) is 13.0. The smallest absolute Gasteiger partial charge is 0.358 e. The van der Waals surface area contributed by atoms with Crippen molar-refractivity contribution in [2.75, 3.05) is 44.8 Å². The highest BCUT2D eigenvalue weighted by Crippen LogP contribution is 2.28. The van der Waals surface area contributed by atoms with Crippen LogP contribution in [0.25, 0.3) is 16.9 Å². The molecular formula is C30H27F3N4O4. The summed E-state index contributed by atoms with van der Waals surface area (Å²) in [6, 6.07) is 17.0. The number of piperazine rings is 1. The van der Waals surface area contributed by atoms with Crippen molar-refractivity contribution in [1.82, 2.24) is 14.7 Å². The van der Waals surface area contributed by atoms with E-state index in [9.17, 15) is 22.8 Å². The average Bonchev–Trinajstić information content (AvgIpc) is 3.43. The van der Waals surface area contributed by atoms with Crippen molar-refractivity contribution in [2.24, 2.45) is 0 Å². The van der Waals surface area contributed by atoms with E-state index in [-0.39, 0.29) is 31.1 Å². The van der Waals surface area contributed by atoms with Gasteiger partial charge in [0.2, 0.25) is 0 Å². The zero-order valence-corrected chi connectivity index (χ0v) is 22.4. The van der Waals surface area contributed by atoms with Crippen molar-refractivity contribution >= 4 is 17.6 Å². The minimum Gasteiger partial charge on any atom is -0.497 e. The van der Waals surface area contributed by atoms with Gasteiger partial charge in [-0.1, -0.05) is 18.2 Å². The first-order valence-corrected chi connectivity index (χ1v) is 13.0. The fourth-order valence-corrected chi connectivity index (χ4v) is 4.74. The second-order valence-electron chi connectivity index (χ2n) is 9.32. The van der Waals surface area contributed by atoms with E-state index in [0.29, 0.717) is 24.5 Å². The lowest BCUT2D eigenvalue weighted by molar-refractivity contribution is 0.0518. The standard InChI is InChI=1S/C30H27F3N4O4/c1-3-41-30(39)26-18-27(37(34-26)22-6-4-5-20(31)15-22)19-7-9-21(10-8-19)35-11-13-36(14-12-35)29(38)28-24(32)16-23(40-2)17-25(28)33/h4-10,15-18H,3,11-14H2,1-2H3. The minimum absolute atomic E-state index is 0.000847.